The molecule has 0 aromatic heterocycles. The normalized spacial score (nSPS) is 45.3. The molecule has 0 aromatic carbocycles. The SMILES string of the molecule is CC(C)[C@@H](C)CC[C@@H](C)[C@H]1CCC2C3CC[C@@H]4C[C@@H](O[Si](C)(C)C)CC[C@]4(C)C3CC[C@@]21C. The fraction of sp³-hybridized carbons (Fsp3) is 1.00. The van der Waals surface area contributed by atoms with Gasteiger partial charge in [-0.2, -0.15) is 0 Å². The van der Waals surface area contributed by atoms with Gasteiger partial charge in [0.25, 0.3) is 0 Å². The lowest BCUT2D eigenvalue weighted by Gasteiger charge is -2.61. The van der Waals surface area contributed by atoms with Gasteiger partial charge in [-0.3, -0.25) is 0 Å². The van der Waals surface area contributed by atoms with Crippen LogP contribution in [0.15, 0.2) is 0 Å². The van der Waals surface area contributed by atoms with Gasteiger partial charge in [-0.15, -0.1) is 0 Å². The Labute approximate surface area is 208 Å². The van der Waals surface area contributed by atoms with E-state index in [1.807, 2.05) is 0 Å². The highest BCUT2D eigenvalue weighted by Gasteiger charge is 2.60. The maximum atomic E-state index is 6.63. The molecule has 10 atom stereocenters. The molecular weight excluding hydrogens is 416 g/mol. The number of hydrogen-bond acceptors (Lipinski definition) is 1. The summed E-state index contributed by atoms with van der Waals surface area (Å²) in [4.78, 5) is 0. The van der Waals surface area contributed by atoms with Gasteiger partial charge in [0.2, 0.25) is 0 Å². The van der Waals surface area contributed by atoms with Crippen molar-refractivity contribution in [2.45, 2.75) is 138 Å². The summed E-state index contributed by atoms with van der Waals surface area (Å²) in [6.07, 6.45) is 16.7. The first-order valence-electron chi connectivity index (χ1n) is 15.0. The van der Waals surface area contributed by atoms with Crippen molar-refractivity contribution in [3.8, 4) is 0 Å². The summed E-state index contributed by atoms with van der Waals surface area (Å²) >= 11 is 0. The smallest absolute Gasteiger partial charge is 0.184 e. The van der Waals surface area contributed by atoms with Crippen molar-refractivity contribution < 1.29 is 4.43 Å². The van der Waals surface area contributed by atoms with E-state index in [9.17, 15) is 0 Å². The van der Waals surface area contributed by atoms with E-state index in [-0.39, 0.29) is 0 Å². The monoisotopic (exact) mass is 474 g/mol. The summed E-state index contributed by atoms with van der Waals surface area (Å²) in [5.41, 5.74) is 1.23. The molecule has 4 rings (SSSR count). The van der Waals surface area contributed by atoms with E-state index in [1.54, 1.807) is 0 Å². The van der Waals surface area contributed by atoms with Crippen LogP contribution in [0.5, 0.6) is 0 Å². The molecule has 1 nitrogen and oxygen atoms in total. The summed E-state index contributed by atoms with van der Waals surface area (Å²) in [6, 6.07) is 0. The average molecular weight is 475 g/mol. The number of fused-ring (bicyclic) bond motifs is 5. The van der Waals surface area contributed by atoms with Crippen molar-refractivity contribution >= 4 is 8.32 Å². The van der Waals surface area contributed by atoms with Crippen LogP contribution in [0.1, 0.15) is 112 Å². The van der Waals surface area contributed by atoms with Gasteiger partial charge in [0.1, 0.15) is 0 Å². The van der Waals surface area contributed by atoms with Crippen LogP contribution in [0.2, 0.25) is 19.6 Å². The molecule has 0 aliphatic heterocycles. The summed E-state index contributed by atoms with van der Waals surface area (Å²) < 4.78 is 6.63. The van der Waals surface area contributed by atoms with E-state index in [2.05, 4.69) is 61.2 Å². The van der Waals surface area contributed by atoms with Gasteiger partial charge in [-0.05, 0) is 136 Å². The maximum absolute atomic E-state index is 6.63. The zero-order valence-electron chi connectivity index (χ0n) is 23.9. The van der Waals surface area contributed by atoms with Gasteiger partial charge in [0.15, 0.2) is 8.32 Å². The predicted molar refractivity (Wildman–Crippen MR) is 146 cm³/mol. The topological polar surface area (TPSA) is 9.23 Å². The zero-order chi connectivity index (χ0) is 24.2. The van der Waals surface area contributed by atoms with Crippen molar-refractivity contribution in [2.24, 2.45) is 58.2 Å². The largest absolute Gasteiger partial charge is 0.415 e. The molecule has 4 fully saturated rings. The Morgan fingerprint density at radius 2 is 1.45 bits per heavy atom. The van der Waals surface area contributed by atoms with Crippen molar-refractivity contribution in [1.29, 1.82) is 0 Å². The number of rotatable bonds is 7. The van der Waals surface area contributed by atoms with Gasteiger partial charge in [0.05, 0.1) is 0 Å². The molecule has 3 unspecified atom stereocenters. The minimum absolute atomic E-state index is 0.560. The Balaban J connectivity index is 1.42. The molecule has 4 aliphatic rings. The van der Waals surface area contributed by atoms with Crippen molar-refractivity contribution in [2.75, 3.05) is 0 Å². The van der Waals surface area contributed by atoms with Crippen LogP contribution in [0.3, 0.4) is 0 Å². The van der Waals surface area contributed by atoms with Crippen LogP contribution < -0.4 is 0 Å². The third-order valence-electron chi connectivity index (χ3n) is 12.1. The molecular formula is C31H58OSi. The molecule has 0 N–H and O–H groups in total. The second-order valence-electron chi connectivity index (χ2n) is 15.3. The van der Waals surface area contributed by atoms with E-state index < -0.39 is 8.32 Å². The third-order valence-corrected chi connectivity index (χ3v) is 13.2. The fourth-order valence-corrected chi connectivity index (χ4v) is 11.1. The molecule has 0 saturated heterocycles. The molecule has 0 radical (unpaired) electrons. The van der Waals surface area contributed by atoms with E-state index in [4.69, 9.17) is 4.43 Å². The van der Waals surface area contributed by atoms with Crippen molar-refractivity contribution in [3.05, 3.63) is 0 Å². The Hall–Kier alpha value is 0.177. The quantitative estimate of drug-likeness (QED) is 0.334. The molecule has 0 heterocycles. The Bertz CT molecular complexity index is 666. The van der Waals surface area contributed by atoms with Crippen LogP contribution in [0.4, 0.5) is 0 Å². The van der Waals surface area contributed by atoms with Crippen LogP contribution in [-0.4, -0.2) is 14.4 Å². The van der Waals surface area contributed by atoms with Crippen LogP contribution in [-0.2, 0) is 4.43 Å². The van der Waals surface area contributed by atoms with Crippen LogP contribution >= 0.6 is 0 Å². The Kier molecular flexibility index (Phi) is 7.61. The molecule has 33 heavy (non-hydrogen) atoms. The van der Waals surface area contributed by atoms with Gasteiger partial charge < -0.3 is 4.43 Å². The lowest BCUT2D eigenvalue weighted by Crippen LogP contribution is -2.54. The predicted octanol–water partition coefficient (Wildman–Crippen LogP) is 9.57. The lowest BCUT2D eigenvalue weighted by atomic mass is 9.44. The van der Waals surface area contributed by atoms with E-state index >= 15 is 0 Å². The van der Waals surface area contributed by atoms with Gasteiger partial charge >= 0.3 is 0 Å². The van der Waals surface area contributed by atoms with Gasteiger partial charge in [-0.1, -0.05) is 54.4 Å². The highest BCUT2D eigenvalue weighted by atomic mass is 28.4. The lowest BCUT2D eigenvalue weighted by molar-refractivity contribution is -0.127. The molecule has 4 saturated carbocycles. The molecule has 0 amide bonds. The summed E-state index contributed by atoms with van der Waals surface area (Å²) in [7, 11) is -1.43. The van der Waals surface area contributed by atoms with E-state index in [0.717, 1.165) is 47.3 Å². The molecule has 192 valence electrons. The Morgan fingerprint density at radius 1 is 0.788 bits per heavy atom. The number of hydrogen-bond donors (Lipinski definition) is 0. The average Bonchev–Trinajstić information content (AvgIpc) is 3.08. The molecule has 0 bridgehead atoms. The van der Waals surface area contributed by atoms with Crippen LogP contribution in [0, 0.1) is 58.2 Å². The summed E-state index contributed by atoms with van der Waals surface area (Å²) in [5, 5.41) is 0. The Morgan fingerprint density at radius 3 is 2.12 bits per heavy atom. The minimum atomic E-state index is -1.43. The standard InChI is InChI=1S/C31H58OSi/c1-21(2)22(3)10-11-23(4)27-14-15-28-26-13-12-24-20-25(32-33(7,8)9)16-18-30(24,5)29(26)17-19-31(27,28)6/h21-29H,10-20H2,1-9H3/t22-,23+,24+,25-,26?,27+,28?,29?,30-,31+/m0/s1. The molecule has 2 heteroatoms. The van der Waals surface area contributed by atoms with Gasteiger partial charge in [-0.25, -0.2) is 0 Å². The third kappa shape index (κ3) is 5.05. The zero-order valence-corrected chi connectivity index (χ0v) is 24.9. The van der Waals surface area contributed by atoms with Crippen molar-refractivity contribution in [3.63, 3.8) is 0 Å². The first-order valence-corrected chi connectivity index (χ1v) is 18.4. The van der Waals surface area contributed by atoms with E-state index in [0.29, 0.717) is 16.9 Å². The maximum Gasteiger partial charge on any atom is 0.184 e. The first kappa shape index (κ1) is 26.2. The second-order valence-corrected chi connectivity index (χ2v) is 19.7. The molecule has 4 aliphatic carbocycles. The highest BCUT2D eigenvalue weighted by molar-refractivity contribution is 6.69. The molecule has 0 spiro atoms. The fourth-order valence-electron chi connectivity index (χ4n) is 9.86. The van der Waals surface area contributed by atoms with Crippen molar-refractivity contribution in [1.82, 2.24) is 0 Å². The molecule has 0 aromatic rings. The summed E-state index contributed by atoms with van der Waals surface area (Å²) in [5.74, 6) is 7.56. The first-order chi connectivity index (χ1) is 15.3. The summed E-state index contributed by atoms with van der Waals surface area (Å²) in [6.45, 7) is 22.5. The second kappa shape index (κ2) is 9.57. The highest BCUT2D eigenvalue weighted by Crippen LogP contribution is 2.68. The minimum Gasteiger partial charge on any atom is -0.415 e. The van der Waals surface area contributed by atoms with Gasteiger partial charge in [0, 0.05) is 6.10 Å². The van der Waals surface area contributed by atoms with Crippen LogP contribution in [0.25, 0.3) is 0 Å². The van der Waals surface area contributed by atoms with E-state index in [1.165, 1.54) is 70.6 Å².